The van der Waals surface area contributed by atoms with Crippen LogP contribution < -0.4 is 0 Å². The number of hydrogen-bond acceptors (Lipinski definition) is 2. The van der Waals surface area contributed by atoms with E-state index in [2.05, 4.69) is 5.11 Å². The van der Waals surface area contributed by atoms with Crippen molar-refractivity contribution in [3.05, 3.63) is 0 Å². The van der Waals surface area contributed by atoms with Gasteiger partial charge in [0.05, 0.1) is 0 Å². The van der Waals surface area contributed by atoms with Crippen LogP contribution in [0, 0.1) is 5.53 Å². The summed E-state index contributed by atoms with van der Waals surface area (Å²) in [5, 5.41) is 2.32. The topological polar surface area (TPSA) is 36.2 Å². The average molecular weight is 62.0 g/mol. The van der Waals surface area contributed by atoms with E-state index in [-0.39, 0.29) is 0 Å². The number of rotatable bonds is 1. The van der Waals surface area contributed by atoms with Gasteiger partial charge < -0.3 is 0 Å². The van der Waals surface area contributed by atoms with Crippen LogP contribution in [0.5, 0.6) is 0 Å². The highest BCUT2D eigenvalue weighted by molar-refractivity contribution is 3.91. The monoisotopic (exact) mass is 62.0 g/mol. The van der Waals surface area contributed by atoms with E-state index < -0.39 is 6.80 Å². The highest BCUT2D eigenvalue weighted by atomic mass is 19.1. The van der Waals surface area contributed by atoms with E-state index in [1.54, 1.807) is 0 Å². The van der Waals surface area contributed by atoms with Crippen molar-refractivity contribution in [3.63, 3.8) is 0 Å². The lowest BCUT2D eigenvalue weighted by Crippen LogP contribution is -1.48. The Morgan fingerprint density at radius 1 is 2.00 bits per heavy atom. The minimum Gasteiger partial charge on any atom is -0.223 e. The van der Waals surface area contributed by atoms with Gasteiger partial charge in [0.15, 0.2) is 6.80 Å². The molecule has 0 fully saturated rings. The zero-order valence-corrected chi connectivity index (χ0v) is 2.03. The Morgan fingerprint density at radius 2 is 2.25 bits per heavy atom. The van der Waals surface area contributed by atoms with Crippen LogP contribution >= 0.6 is 0 Å². The molecule has 24 valence electrons. The predicted molar refractivity (Wildman–Crippen MR) is 11.1 cm³/mol. The molecule has 0 unspecified atom stereocenters. The van der Waals surface area contributed by atoms with Crippen molar-refractivity contribution in [2.24, 2.45) is 5.11 Å². The number of halogens is 1. The second kappa shape index (κ2) is 2.53. The van der Waals surface area contributed by atoms with Crippen LogP contribution in [0.25, 0.3) is 0 Å². The minimum atomic E-state index is -0.889. The maximum atomic E-state index is 10.4. The van der Waals surface area contributed by atoms with Gasteiger partial charge in [-0.05, 0) is 0 Å². The standard InChI is InChI=1S/CH3FN2/c2-1-4-3/h3H,1H2. The average Bonchev–Trinajstić information content (AvgIpc) is 1.37. The van der Waals surface area contributed by atoms with Gasteiger partial charge in [-0.2, -0.15) is 5.11 Å². The predicted octanol–water partition coefficient (Wildman–Crippen LogP) is 0.944. The zero-order valence-electron chi connectivity index (χ0n) is 2.03. The normalized spacial score (nSPS) is 6.25. The molecule has 1 N–H and O–H groups in total. The van der Waals surface area contributed by atoms with Crippen molar-refractivity contribution in [2.45, 2.75) is 0 Å². The van der Waals surface area contributed by atoms with Gasteiger partial charge in [-0.15, -0.1) is 0 Å². The van der Waals surface area contributed by atoms with E-state index in [0.29, 0.717) is 0 Å². The van der Waals surface area contributed by atoms with Gasteiger partial charge in [-0.25, -0.2) is 9.92 Å². The first kappa shape index (κ1) is 3.53. The van der Waals surface area contributed by atoms with Gasteiger partial charge >= 0.3 is 0 Å². The molecular formula is CH3FN2. The van der Waals surface area contributed by atoms with E-state index in [1.165, 1.54) is 0 Å². The summed E-state index contributed by atoms with van der Waals surface area (Å²) in [6, 6.07) is 0. The first-order chi connectivity index (χ1) is 1.91. The van der Waals surface area contributed by atoms with Crippen LogP contribution in [-0.2, 0) is 0 Å². The third-order valence-electron chi connectivity index (χ3n) is 0.0598. The molecule has 3 heteroatoms. The molecule has 0 saturated heterocycles. The van der Waals surface area contributed by atoms with E-state index in [9.17, 15) is 4.39 Å². The van der Waals surface area contributed by atoms with Gasteiger partial charge in [0, 0.05) is 0 Å². The van der Waals surface area contributed by atoms with Crippen molar-refractivity contribution in [1.82, 2.24) is 0 Å². The summed E-state index contributed by atoms with van der Waals surface area (Å²) in [4.78, 5) is 0. The highest BCUT2D eigenvalue weighted by Crippen LogP contribution is 1.59. The van der Waals surface area contributed by atoms with E-state index in [1.807, 2.05) is 0 Å². The molecule has 0 rings (SSSR count). The maximum Gasteiger partial charge on any atom is 0.199 e. The van der Waals surface area contributed by atoms with Crippen molar-refractivity contribution < 1.29 is 4.39 Å². The molecule has 0 bridgehead atoms. The lowest BCUT2D eigenvalue weighted by Gasteiger charge is -1.55. The molecule has 0 amide bonds. The largest absolute Gasteiger partial charge is 0.223 e. The third-order valence-corrected chi connectivity index (χ3v) is 0.0598. The SMILES string of the molecule is N=NCF. The number of nitrogens with zero attached hydrogens (tertiary/aromatic N) is 1. The second-order valence-corrected chi connectivity index (χ2v) is 0.278. The van der Waals surface area contributed by atoms with Crippen LogP contribution in [0.4, 0.5) is 4.39 Å². The quantitative estimate of drug-likeness (QED) is 0.346. The fraction of sp³-hybridized carbons (Fsp3) is 1.00. The minimum absolute atomic E-state index is 0.889. The molecule has 0 spiro atoms. The molecule has 0 radical (unpaired) electrons. The summed E-state index contributed by atoms with van der Waals surface area (Å²) in [7, 11) is 0. The number of nitrogens with one attached hydrogen (secondary N) is 1. The summed E-state index contributed by atoms with van der Waals surface area (Å²) in [6.07, 6.45) is 0. The number of alkyl halides is 1. The van der Waals surface area contributed by atoms with E-state index in [0.717, 1.165) is 0 Å². The molecule has 0 atom stereocenters. The first-order valence-corrected chi connectivity index (χ1v) is 0.807. The fourth-order valence-corrected chi connectivity index (χ4v) is 0. The van der Waals surface area contributed by atoms with E-state index in [4.69, 9.17) is 5.53 Å². The molecule has 4 heavy (non-hydrogen) atoms. The molecule has 0 aliphatic carbocycles. The molecule has 0 aromatic rings. The van der Waals surface area contributed by atoms with Crippen LogP contribution in [0.1, 0.15) is 0 Å². The summed E-state index contributed by atoms with van der Waals surface area (Å²) in [5.41, 5.74) is 5.70. The van der Waals surface area contributed by atoms with Crippen LogP contribution in [-0.4, -0.2) is 6.80 Å². The number of hydrogen-bond donors (Lipinski definition) is 1. The Kier molecular flexibility index (Phi) is 2.23. The van der Waals surface area contributed by atoms with Crippen molar-refractivity contribution >= 4 is 0 Å². The Balaban J connectivity index is 2.30. The summed E-state index contributed by atoms with van der Waals surface area (Å²) >= 11 is 0. The Labute approximate surface area is 23.1 Å². The maximum absolute atomic E-state index is 10.4. The molecule has 2 nitrogen and oxygen atoms in total. The summed E-state index contributed by atoms with van der Waals surface area (Å²) in [6.45, 7) is -0.889. The van der Waals surface area contributed by atoms with Gasteiger partial charge in [0.2, 0.25) is 0 Å². The molecular weight excluding hydrogens is 59.0 g/mol. The van der Waals surface area contributed by atoms with Gasteiger partial charge in [-0.3, -0.25) is 0 Å². The van der Waals surface area contributed by atoms with Crippen molar-refractivity contribution in [1.29, 1.82) is 5.53 Å². The molecule has 0 aromatic heterocycles. The summed E-state index contributed by atoms with van der Waals surface area (Å²) in [5.74, 6) is 0. The van der Waals surface area contributed by atoms with Gasteiger partial charge in [0.25, 0.3) is 0 Å². The van der Waals surface area contributed by atoms with Crippen molar-refractivity contribution in [2.75, 3.05) is 6.80 Å². The van der Waals surface area contributed by atoms with E-state index >= 15 is 0 Å². The lowest BCUT2D eigenvalue weighted by molar-refractivity contribution is 0.490. The molecule has 0 aromatic carbocycles. The van der Waals surface area contributed by atoms with Gasteiger partial charge in [-0.1, -0.05) is 0 Å². The molecule has 0 aliphatic heterocycles. The first-order valence-electron chi connectivity index (χ1n) is 0.807. The smallest absolute Gasteiger partial charge is 0.199 e. The molecule has 0 heterocycles. The second-order valence-electron chi connectivity index (χ2n) is 0.278. The third kappa shape index (κ3) is 1.53. The lowest BCUT2D eigenvalue weighted by atomic mass is 11.5. The van der Waals surface area contributed by atoms with Crippen LogP contribution in [0.3, 0.4) is 0 Å². The zero-order chi connectivity index (χ0) is 3.41. The fourth-order valence-electron chi connectivity index (χ4n) is 0. The molecule has 0 saturated carbocycles. The molecule has 0 aliphatic rings. The Morgan fingerprint density at radius 3 is 2.25 bits per heavy atom. The summed E-state index contributed by atoms with van der Waals surface area (Å²) < 4.78 is 10.4. The Bertz CT molecular complexity index is 20.0. The Hall–Kier alpha value is -0.470. The van der Waals surface area contributed by atoms with Crippen LogP contribution in [0.15, 0.2) is 5.11 Å². The van der Waals surface area contributed by atoms with Crippen LogP contribution in [0.2, 0.25) is 0 Å². The highest BCUT2D eigenvalue weighted by Gasteiger charge is 1.51. The van der Waals surface area contributed by atoms with Crippen molar-refractivity contribution in [3.8, 4) is 0 Å². The van der Waals surface area contributed by atoms with Gasteiger partial charge in [0.1, 0.15) is 0 Å².